The second-order valence-corrected chi connectivity index (χ2v) is 6.67. The third-order valence-electron chi connectivity index (χ3n) is 4.73. The molecule has 6 heteroatoms. The van der Waals surface area contributed by atoms with Crippen LogP contribution in [0, 0.1) is 5.41 Å². The van der Waals surface area contributed by atoms with Gasteiger partial charge in [-0.25, -0.2) is 0 Å². The van der Waals surface area contributed by atoms with Crippen LogP contribution < -0.4 is 16.0 Å². The van der Waals surface area contributed by atoms with Gasteiger partial charge in [-0.15, -0.1) is 0 Å². The monoisotopic (exact) mass is 311 g/mol. The first-order valence-corrected chi connectivity index (χ1v) is 8.43. The van der Waals surface area contributed by atoms with E-state index in [1.807, 2.05) is 6.92 Å². The third kappa shape index (κ3) is 4.43. The molecule has 2 heterocycles. The average molecular weight is 311 g/mol. The molecule has 2 saturated heterocycles. The van der Waals surface area contributed by atoms with Crippen LogP contribution in [-0.4, -0.2) is 50.2 Å². The molecule has 2 atom stereocenters. The molecule has 0 aromatic rings. The zero-order valence-corrected chi connectivity index (χ0v) is 13.7. The molecule has 2 amide bonds. The Kier molecular flexibility index (Phi) is 6.20. The lowest BCUT2D eigenvalue weighted by Crippen LogP contribution is -2.54. The van der Waals surface area contributed by atoms with Gasteiger partial charge in [0.05, 0.1) is 12.0 Å². The average Bonchev–Trinajstić information content (AvgIpc) is 2.51. The molecule has 0 aromatic heterocycles. The van der Waals surface area contributed by atoms with E-state index in [0.717, 1.165) is 45.2 Å². The third-order valence-corrected chi connectivity index (χ3v) is 4.73. The molecule has 0 saturated carbocycles. The van der Waals surface area contributed by atoms with Crippen LogP contribution in [-0.2, 0) is 14.3 Å². The summed E-state index contributed by atoms with van der Waals surface area (Å²) in [6.45, 7) is 6.59. The Labute approximate surface area is 132 Å². The maximum Gasteiger partial charge on any atom is 0.242 e. The van der Waals surface area contributed by atoms with Crippen molar-refractivity contribution < 1.29 is 14.3 Å². The summed E-state index contributed by atoms with van der Waals surface area (Å²) in [5.74, 6) is -0.114. The van der Waals surface area contributed by atoms with Crippen molar-refractivity contribution in [1.29, 1.82) is 0 Å². The molecule has 1 spiro atoms. The van der Waals surface area contributed by atoms with Gasteiger partial charge in [0.15, 0.2) is 0 Å². The first-order valence-electron chi connectivity index (χ1n) is 8.43. The summed E-state index contributed by atoms with van der Waals surface area (Å²) in [6, 6.07) is -0.553. The smallest absolute Gasteiger partial charge is 0.242 e. The highest BCUT2D eigenvalue weighted by Crippen LogP contribution is 2.35. The van der Waals surface area contributed by atoms with E-state index in [1.54, 1.807) is 6.92 Å². The Morgan fingerprint density at radius 3 is 2.50 bits per heavy atom. The van der Waals surface area contributed by atoms with Crippen molar-refractivity contribution in [2.24, 2.45) is 5.41 Å². The first kappa shape index (κ1) is 17.2. The Hall–Kier alpha value is -1.14. The molecule has 0 aromatic carbocycles. The number of hydrogen-bond donors (Lipinski definition) is 3. The molecular formula is C16H29N3O3. The van der Waals surface area contributed by atoms with E-state index in [4.69, 9.17) is 4.74 Å². The minimum Gasteiger partial charge on any atom is -0.379 e. The molecule has 2 aliphatic heterocycles. The number of ether oxygens (including phenoxy) is 1. The van der Waals surface area contributed by atoms with Gasteiger partial charge in [-0.1, -0.05) is 6.42 Å². The van der Waals surface area contributed by atoms with Crippen LogP contribution in [0.2, 0.25) is 0 Å². The van der Waals surface area contributed by atoms with Gasteiger partial charge in [0.1, 0.15) is 6.04 Å². The molecule has 2 aliphatic rings. The predicted molar refractivity (Wildman–Crippen MR) is 84.4 cm³/mol. The summed E-state index contributed by atoms with van der Waals surface area (Å²) < 4.78 is 5.61. The Balaban J connectivity index is 2.09. The number of carbonyl (C=O) groups excluding carboxylic acids is 2. The topological polar surface area (TPSA) is 79.5 Å². The van der Waals surface area contributed by atoms with Gasteiger partial charge in [-0.3, -0.25) is 9.59 Å². The molecule has 0 unspecified atom stereocenters. The molecule has 2 fully saturated rings. The summed E-state index contributed by atoms with van der Waals surface area (Å²) in [6.07, 6.45) is 4.48. The molecule has 0 bridgehead atoms. The second kappa shape index (κ2) is 7.92. The van der Waals surface area contributed by atoms with Gasteiger partial charge in [0.2, 0.25) is 11.8 Å². The van der Waals surface area contributed by atoms with Crippen molar-refractivity contribution in [1.82, 2.24) is 16.0 Å². The van der Waals surface area contributed by atoms with E-state index < -0.39 is 6.04 Å². The lowest BCUT2D eigenvalue weighted by Gasteiger charge is -2.37. The number of piperidine rings is 1. The number of amides is 2. The minimum absolute atomic E-state index is 0.0319. The van der Waals surface area contributed by atoms with E-state index >= 15 is 0 Å². The van der Waals surface area contributed by atoms with E-state index in [0.29, 0.717) is 13.2 Å². The first-order chi connectivity index (χ1) is 10.5. The summed E-state index contributed by atoms with van der Waals surface area (Å²) in [7, 11) is 0. The maximum atomic E-state index is 12.8. The van der Waals surface area contributed by atoms with Gasteiger partial charge in [-0.05, 0) is 52.6 Å². The van der Waals surface area contributed by atoms with Crippen molar-refractivity contribution in [2.45, 2.75) is 58.0 Å². The molecule has 6 nitrogen and oxygen atoms in total. The van der Waals surface area contributed by atoms with Crippen LogP contribution in [0.1, 0.15) is 46.0 Å². The highest BCUT2D eigenvalue weighted by atomic mass is 16.5. The van der Waals surface area contributed by atoms with Crippen LogP contribution in [0.4, 0.5) is 0 Å². The van der Waals surface area contributed by atoms with Gasteiger partial charge in [0, 0.05) is 12.6 Å². The zero-order chi connectivity index (χ0) is 16.0. The minimum atomic E-state index is -0.512. The van der Waals surface area contributed by atoms with E-state index in [1.165, 1.54) is 0 Å². The fraction of sp³-hybridized carbons (Fsp3) is 0.875. The zero-order valence-electron chi connectivity index (χ0n) is 13.7. The summed E-state index contributed by atoms with van der Waals surface area (Å²) in [4.78, 5) is 24.9. The molecular weight excluding hydrogens is 282 g/mol. The van der Waals surface area contributed by atoms with Crippen molar-refractivity contribution >= 4 is 11.8 Å². The molecule has 3 N–H and O–H groups in total. The lowest BCUT2D eigenvalue weighted by molar-refractivity contribution is -0.137. The maximum absolute atomic E-state index is 12.8. The number of nitrogens with one attached hydrogen (secondary N) is 3. The van der Waals surface area contributed by atoms with E-state index in [2.05, 4.69) is 16.0 Å². The largest absolute Gasteiger partial charge is 0.379 e. The van der Waals surface area contributed by atoms with Crippen molar-refractivity contribution in [3.63, 3.8) is 0 Å². The molecule has 22 heavy (non-hydrogen) atoms. The van der Waals surface area contributed by atoms with Crippen LogP contribution >= 0.6 is 0 Å². The standard InChI is InChI=1S/C16H29N3O3/c1-12-11-22-10-4-3-5-16(6-8-17-9-7-16)15(21)19-13(2)14(20)18-12/h12-13,17H,3-11H2,1-2H3,(H,18,20)(H,19,21)/t12-,13-/m0/s1. The second-order valence-electron chi connectivity index (χ2n) is 6.67. The van der Waals surface area contributed by atoms with Crippen molar-refractivity contribution in [3.05, 3.63) is 0 Å². The number of hydrogen-bond acceptors (Lipinski definition) is 4. The van der Waals surface area contributed by atoms with Crippen molar-refractivity contribution in [3.8, 4) is 0 Å². The van der Waals surface area contributed by atoms with Crippen LogP contribution in [0.3, 0.4) is 0 Å². The molecule has 0 radical (unpaired) electrons. The Morgan fingerprint density at radius 2 is 1.77 bits per heavy atom. The van der Waals surface area contributed by atoms with Crippen LogP contribution in [0.5, 0.6) is 0 Å². The normalized spacial score (nSPS) is 31.4. The highest BCUT2D eigenvalue weighted by molar-refractivity contribution is 5.90. The summed E-state index contributed by atoms with van der Waals surface area (Å²) in [5.41, 5.74) is -0.334. The quantitative estimate of drug-likeness (QED) is 0.611. The lowest BCUT2D eigenvalue weighted by atomic mass is 9.74. The van der Waals surface area contributed by atoms with Crippen LogP contribution in [0.25, 0.3) is 0 Å². The number of rotatable bonds is 0. The van der Waals surface area contributed by atoms with Crippen molar-refractivity contribution in [2.75, 3.05) is 26.3 Å². The molecule has 126 valence electrons. The number of carbonyl (C=O) groups is 2. The van der Waals surface area contributed by atoms with E-state index in [9.17, 15) is 9.59 Å². The fourth-order valence-corrected chi connectivity index (χ4v) is 3.25. The summed E-state index contributed by atoms with van der Waals surface area (Å²) >= 11 is 0. The van der Waals surface area contributed by atoms with E-state index in [-0.39, 0.29) is 23.3 Å². The molecule has 2 rings (SSSR count). The Morgan fingerprint density at radius 1 is 1.05 bits per heavy atom. The van der Waals surface area contributed by atoms with Crippen LogP contribution in [0.15, 0.2) is 0 Å². The van der Waals surface area contributed by atoms with Gasteiger partial charge in [-0.2, -0.15) is 0 Å². The predicted octanol–water partition coefficient (Wildman–Crippen LogP) is 0.566. The SMILES string of the molecule is C[C@@H]1NC(=O)C2(CCCCOC[C@H](C)NC1=O)CCNCC2. The highest BCUT2D eigenvalue weighted by Gasteiger charge is 2.39. The van der Waals surface area contributed by atoms with Gasteiger partial charge < -0.3 is 20.7 Å². The summed E-state index contributed by atoms with van der Waals surface area (Å²) in [5, 5.41) is 9.13. The Bertz CT molecular complexity index is 394. The van der Waals surface area contributed by atoms with Gasteiger partial charge >= 0.3 is 0 Å². The molecule has 0 aliphatic carbocycles. The van der Waals surface area contributed by atoms with Gasteiger partial charge in [0.25, 0.3) is 0 Å². The fourth-order valence-electron chi connectivity index (χ4n) is 3.25.